The minimum absolute atomic E-state index is 0.124. The van der Waals surface area contributed by atoms with Gasteiger partial charge >= 0.3 is 0 Å². The number of carbonyl (C=O) groups is 1. The predicted molar refractivity (Wildman–Crippen MR) is 122 cm³/mol. The van der Waals surface area contributed by atoms with Crippen molar-refractivity contribution in [3.8, 4) is 17.2 Å². The van der Waals surface area contributed by atoms with E-state index in [0.717, 1.165) is 0 Å². The summed E-state index contributed by atoms with van der Waals surface area (Å²) in [6.07, 6.45) is 0. The molecule has 0 radical (unpaired) electrons. The van der Waals surface area contributed by atoms with Crippen molar-refractivity contribution < 1.29 is 27.4 Å². The van der Waals surface area contributed by atoms with Crippen LogP contribution in [0.1, 0.15) is 0 Å². The number of methoxy groups -OCH3 is 2. The number of nitrogens with one attached hydrogen (secondary N) is 2. The number of amides is 1. The summed E-state index contributed by atoms with van der Waals surface area (Å²) in [5.41, 5.74) is 0.601. The van der Waals surface area contributed by atoms with E-state index in [1.54, 1.807) is 43.5 Å². The van der Waals surface area contributed by atoms with Gasteiger partial charge in [0.2, 0.25) is 0 Å². The molecule has 0 spiro atoms. The van der Waals surface area contributed by atoms with Gasteiger partial charge < -0.3 is 19.5 Å². The number of rotatable bonds is 9. The molecule has 0 heterocycles. The fourth-order valence-corrected chi connectivity index (χ4v) is 4.09. The standard InChI is InChI=1S/C22H21ClN2O6S/c1-29-18-8-10-19(11-9-18)31-14-22(26)24-17-7-12-20(30-2)21(13-17)32(27,28)25-16-5-3-15(23)4-6-16/h3-13,25H,14H2,1-2H3,(H,24,26). The second kappa shape index (κ2) is 10.3. The van der Waals surface area contributed by atoms with Gasteiger partial charge in [-0.25, -0.2) is 8.42 Å². The van der Waals surface area contributed by atoms with E-state index in [2.05, 4.69) is 10.0 Å². The van der Waals surface area contributed by atoms with Crippen LogP contribution in [0.3, 0.4) is 0 Å². The Morgan fingerprint density at radius 3 is 2.12 bits per heavy atom. The Balaban J connectivity index is 1.71. The SMILES string of the molecule is COc1ccc(OCC(=O)Nc2ccc(OC)c(S(=O)(=O)Nc3ccc(Cl)cc3)c2)cc1. The van der Waals surface area contributed by atoms with Crippen LogP contribution in [0.4, 0.5) is 11.4 Å². The quantitative estimate of drug-likeness (QED) is 0.480. The molecule has 0 fully saturated rings. The molecule has 3 aromatic carbocycles. The zero-order valence-corrected chi connectivity index (χ0v) is 18.9. The van der Waals surface area contributed by atoms with E-state index in [4.69, 9.17) is 25.8 Å². The lowest BCUT2D eigenvalue weighted by Crippen LogP contribution is -2.21. The predicted octanol–water partition coefficient (Wildman–Crippen LogP) is 4.18. The van der Waals surface area contributed by atoms with Crippen LogP contribution in [-0.4, -0.2) is 35.2 Å². The van der Waals surface area contributed by atoms with E-state index in [1.807, 2.05) is 0 Å². The van der Waals surface area contributed by atoms with E-state index < -0.39 is 15.9 Å². The van der Waals surface area contributed by atoms with Gasteiger partial charge in [0.25, 0.3) is 15.9 Å². The first kappa shape index (κ1) is 23.2. The first-order chi connectivity index (χ1) is 15.3. The number of benzene rings is 3. The summed E-state index contributed by atoms with van der Waals surface area (Å²) in [5, 5.41) is 3.09. The third kappa shape index (κ3) is 6.05. The number of carbonyl (C=O) groups excluding carboxylic acids is 1. The topological polar surface area (TPSA) is 103 Å². The highest BCUT2D eigenvalue weighted by atomic mass is 35.5. The lowest BCUT2D eigenvalue weighted by atomic mass is 10.3. The van der Waals surface area contributed by atoms with Crippen LogP contribution in [-0.2, 0) is 14.8 Å². The van der Waals surface area contributed by atoms with Crippen LogP contribution < -0.4 is 24.2 Å². The van der Waals surface area contributed by atoms with Crippen molar-refractivity contribution in [2.24, 2.45) is 0 Å². The van der Waals surface area contributed by atoms with Gasteiger partial charge in [0.1, 0.15) is 22.1 Å². The first-order valence-corrected chi connectivity index (χ1v) is 11.2. The lowest BCUT2D eigenvalue weighted by Gasteiger charge is -2.14. The van der Waals surface area contributed by atoms with Crippen molar-refractivity contribution in [1.29, 1.82) is 0 Å². The second-order valence-electron chi connectivity index (χ2n) is 6.49. The molecule has 168 valence electrons. The Morgan fingerprint density at radius 1 is 0.875 bits per heavy atom. The van der Waals surface area contributed by atoms with E-state index in [-0.39, 0.29) is 22.9 Å². The summed E-state index contributed by atoms with van der Waals surface area (Å²) in [5.74, 6) is 0.825. The molecule has 0 aliphatic carbocycles. The van der Waals surface area contributed by atoms with Crippen LogP contribution in [0.2, 0.25) is 5.02 Å². The van der Waals surface area contributed by atoms with Crippen molar-refractivity contribution in [3.63, 3.8) is 0 Å². The second-order valence-corrected chi connectivity index (χ2v) is 8.58. The number of hydrogen-bond acceptors (Lipinski definition) is 6. The van der Waals surface area contributed by atoms with Crippen molar-refractivity contribution in [1.82, 2.24) is 0 Å². The molecule has 0 aliphatic heterocycles. The van der Waals surface area contributed by atoms with E-state index in [9.17, 15) is 13.2 Å². The van der Waals surface area contributed by atoms with Crippen molar-refractivity contribution in [2.75, 3.05) is 30.9 Å². The lowest BCUT2D eigenvalue weighted by molar-refractivity contribution is -0.118. The molecule has 0 aromatic heterocycles. The highest BCUT2D eigenvalue weighted by Gasteiger charge is 2.21. The van der Waals surface area contributed by atoms with Crippen LogP contribution in [0.15, 0.2) is 71.6 Å². The van der Waals surface area contributed by atoms with Gasteiger partial charge in [-0.3, -0.25) is 9.52 Å². The van der Waals surface area contributed by atoms with Crippen LogP contribution >= 0.6 is 11.6 Å². The zero-order valence-electron chi connectivity index (χ0n) is 17.3. The molecule has 1 amide bonds. The summed E-state index contributed by atoms with van der Waals surface area (Å²) in [4.78, 5) is 12.1. The number of halogens is 1. The zero-order chi connectivity index (χ0) is 23.1. The minimum Gasteiger partial charge on any atom is -0.497 e. The van der Waals surface area contributed by atoms with Crippen molar-refractivity contribution in [3.05, 3.63) is 71.8 Å². The number of hydrogen-bond donors (Lipinski definition) is 2. The normalized spacial score (nSPS) is 10.8. The fraction of sp³-hybridized carbons (Fsp3) is 0.136. The molecule has 3 rings (SSSR count). The summed E-state index contributed by atoms with van der Waals surface area (Å²) >= 11 is 5.84. The van der Waals surface area contributed by atoms with Gasteiger partial charge in [0.15, 0.2) is 6.61 Å². The average molecular weight is 477 g/mol. The van der Waals surface area contributed by atoms with Crippen molar-refractivity contribution >= 4 is 38.9 Å². The number of anilines is 2. The molecule has 8 nitrogen and oxygen atoms in total. The molecule has 32 heavy (non-hydrogen) atoms. The van der Waals surface area contributed by atoms with Gasteiger partial charge in [-0.1, -0.05) is 11.6 Å². The van der Waals surface area contributed by atoms with Gasteiger partial charge in [0.05, 0.1) is 14.2 Å². The number of sulfonamides is 1. The summed E-state index contributed by atoms with van der Waals surface area (Å²) < 4.78 is 43.9. The molecule has 2 N–H and O–H groups in total. The third-order valence-electron chi connectivity index (χ3n) is 4.26. The Labute approximate surface area is 191 Å². The molecule has 3 aromatic rings. The fourth-order valence-electron chi connectivity index (χ4n) is 2.71. The maximum atomic E-state index is 12.9. The molecule has 0 saturated heterocycles. The van der Waals surface area contributed by atoms with Crippen molar-refractivity contribution in [2.45, 2.75) is 4.90 Å². The molecule has 0 bridgehead atoms. The summed E-state index contributed by atoms with van der Waals surface area (Å²) in [7, 11) is -1.09. The maximum Gasteiger partial charge on any atom is 0.265 e. The van der Waals surface area contributed by atoms with Gasteiger partial charge in [-0.05, 0) is 66.7 Å². The Bertz CT molecular complexity index is 1180. The minimum atomic E-state index is -4.00. The molecular weight excluding hydrogens is 456 g/mol. The van der Waals surface area contributed by atoms with E-state index in [0.29, 0.717) is 22.2 Å². The van der Waals surface area contributed by atoms with E-state index >= 15 is 0 Å². The largest absolute Gasteiger partial charge is 0.497 e. The van der Waals surface area contributed by atoms with Crippen LogP contribution in [0.25, 0.3) is 0 Å². The molecule has 0 saturated carbocycles. The smallest absolute Gasteiger partial charge is 0.265 e. The van der Waals surface area contributed by atoms with Crippen LogP contribution in [0, 0.1) is 0 Å². The highest BCUT2D eigenvalue weighted by molar-refractivity contribution is 7.92. The third-order valence-corrected chi connectivity index (χ3v) is 5.92. The van der Waals surface area contributed by atoms with Gasteiger partial charge in [0, 0.05) is 16.4 Å². The molecular formula is C22H21ClN2O6S. The highest BCUT2D eigenvalue weighted by Crippen LogP contribution is 2.29. The molecule has 0 atom stereocenters. The average Bonchev–Trinajstić information content (AvgIpc) is 2.79. The van der Waals surface area contributed by atoms with Gasteiger partial charge in [-0.15, -0.1) is 0 Å². The first-order valence-electron chi connectivity index (χ1n) is 9.34. The molecule has 0 aliphatic rings. The molecule has 0 unspecified atom stereocenters. The maximum absolute atomic E-state index is 12.9. The monoisotopic (exact) mass is 476 g/mol. The number of ether oxygens (including phenoxy) is 3. The Hall–Kier alpha value is -3.43. The summed E-state index contributed by atoms with van der Waals surface area (Å²) in [6.45, 7) is -0.260. The van der Waals surface area contributed by atoms with Crippen LogP contribution in [0.5, 0.6) is 17.2 Å². The van der Waals surface area contributed by atoms with E-state index in [1.165, 1.54) is 37.4 Å². The van der Waals surface area contributed by atoms with Gasteiger partial charge in [-0.2, -0.15) is 0 Å². The summed E-state index contributed by atoms with van der Waals surface area (Å²) in [6, 6.07) is 17.3. The Kier molecular flexibility index (Phi) is 7.45. The Morgan fingerprint density at radius 2 is 1.50 bits per heavy atom. The molecule has 10 heteroatoms.